The second kappa shape index (κ2) is 5.08. The largest absolute Gasteiger partial charge is 0.377 e. The molecule has 1 saturated heterocycles. The van der Waals surface area contributed by atoms with Gasteiger partial charge in [0.2, 0.25) is 0 Å². The Morgan fingerprint density at radius 2 is 2.16 bits per heavy atom. The van der Waals surface area contributed by atoms with Crippen LogP contribution in [0.5, 0.6) is 0 Å². The Morgan fingerprint density at radius 3 is 2.95 bits per heavy atom. The van der Waals surface area contributed by atoms with Gasteiger partial charge in [-0.25, -0.2) is 0 Å². The van der Waals surface area contributed by atoms with Crippen molar-refractivity contribution >= 4 is 11.6 Å². The zero-order valence-corrected chi connectivity index (χ0v) is 12.4. The van der Waals surface area contributed by atoms with Gasteiger partial charge in [-0.3, -0.25) is 0 Å². The maximum atomic E-state index is 6.21. The first-order valence-electron chi connectivity index (χ1n) is 7.19. The van der Waals surface area contributed by atoms with E-state index in [0.29, 0.717) is 18.1 Å². The predicted octanol–water partition coefficient (Wildman–Crippen LogP) is 3.63. The molecule has 1 aromatic rings. The zero-order valence-electron chi connectivity index (χ0n) is 11.7. The second-order valence-corrected chi connectivity index (χ2v) is 6.78. The topological polar surface area (TPSA) is 21.3 Å². The van der Waals surface area contributed by atoms with Crippen LogP contribution in [0.1, 0.15) is 32.3 Å². The molecule has 1 aromatic carbocycles. The average molecular weight is 280 g/mol. The molecule has 0 aromatic heterocycles. The number of ether oxygens (including phenoxy) is 1. The van der Waals surface area contributed by atoms with Crippen molar-refractivity contribution in [1.29, 1.82) is 0 Å². The van der Waals surface area contributed by atoms with Gasteiger partial charge in [0.25, 0.3) is 0 Å². The molecule has 1 saturated carbocycles. The molecular weight excluding hydrogens is 258 g/mol. The van der Waals surface area contributed by atoms with Gasteiger partial charge in [0.15, 0.2) is 0 Å². The quantitative estimate of drug-likeness (QED) is 0.912. The molecule has 19 heavy (non-hydrogen) atoms. The van der Waals surface area contributed by atoms with Crippen molar-refractivity contribution in [2.24, 2.45) is 11.3 Å². The average Bonchev–Trinajstić information content (AvgIpc) is 2.41. The van der Waals surface area contributed by atoms with Crippen LogP contribution in [-0.4, -0.2) is 18.8 Å². The third-order valence-electron chi connectivity index (χ3n) is 4.80. The van der Waals surface area contributed by atoms with Crippen LogP contribution in [0.2, 0.25) is 5.02 Å². The van der Waals surface area contributed by atoms with Crippen molar-refractivity contribution in [1.82, 2.24) is 5.32 Å². The van der Waals surface area contributed by atoms with E-state index >= 15 is 0 Å². The third kappa shape index (κ3) is 2.31. The summed E-state index contributed by atoms with van der Waals surface area (Å²) in [6.45, 7) is 6.40. The van der Waals surface area contributed by atoms with E-state index < -0.39 is 0 Å². The summed E-state index contributed by atoms with van der Waals surface area (Å²) in [5.41, 5.74) is 1.41. The monoisotopic (exact) mass is 279 g/mol. The highest BCUT2D eigenvalue weighted by atomic mass is 35.5. The highest BCUT2D eigenvalue weighted by molar-refractivity contribution is 6.31. The second-order valence-electron chi connectivity index (χ2n) is 6.37. The van der Waals surface area contributed by atoms with Crippen molar-refractivity contribution in [2.45, 2.75) is 45.4 Å². The summed E-state index contributed by atoms with van der Waals surface area (Å²) in [5, 5.41) is 4.55. The fourth-order valence-electron chi connectivity index (χ4n) is 3.80. The molecule has 3 unspecified atom stereocenters. The van der Waals surface area contributed by atoms with Gasteiger partial charge in [-0.05, 0) is 24.5 Å². The van der Waals surface area contributed by atoms with E-state index in [4.69, 9.17) is 16.3 Å². The molecule has 0 radical (unpaired) electrons. The number of hydrogen-bond acceptors (Lipinski definition) is 2. The SMILES string of the molecule is CC1(C)C(NCc2ccccc2Cl)C2CCCOC21. The van der Waals surface area contributed by atoms with Gasteiger partial charge in [0.1, 0.15) is 0 Å². The predicted molar refractivity (Wildman–Crippen MR) is 78.3 cm³/mol. The Hall–Kier alpha value is -0.570. The fourth-order valence-corrected chi connectivity index (χ4v) is 4.00. The lowest BCUT2D eigenvalue weighted by Crippen LogP contribution is -2.69. The maximum Gasteiger partial charge on any atom is 0.0684 e. The Labute approximate surface area is 120 Å². The van der Waals surface area contributed by atoms with Crippen LogP contribution < -0.4 is 5.32 Å². The molecule has 2 fully saturated rings. The lowest BCUT2D eigenvalue weighted by Gasteiger charge is -2.60. The van der Waals surface area contributed by atoms with Crippen LogP contribution in [0.4, 0.5) is 0 Å². The van der Waals surface area contributed by atoms with Crippen LogP contribution in [0.3, 0.4) is 0 Å². The Balaban J connectivity index is 1.65. The van der Waals surface area contributed by atoms with Gasteiger partial charge >= 0.3 is 0 Å². The van der Waals surface area contributed by atoms with E-state index in [1.54, 1.807) is 0 Å². The van der Waals surface area contributed by atoms with Crippen LogP contribution in [0.15, 0.2) is 24.3 Å². The normalized spacial score (nSPS) is 32.5. The van der Waals surface area contributed by atoms with Gasteiger partial charge in [0, 0.05) is 35.5 Å². The Bertz CT molecular complexity index is 460. The van der Waals surface area contributed by atoms with Crippen molar-refractivity contribution in [2.75, 3.05) is 6.61 Å². The number of benzene rings is 1. The number of halogens is 1. The number of hydrogen-bond donors (Lipinski definition) is 1. The van der Waals surface area contributed by atoms with Gasteiger partial charge in [-0.2, -0.15) is 0 Å². The molecule has 1 heterocycles. The maximum absolute atomic E-state index is 6.21. The molecule has 1 aliphatic heterocycles. The van der Waals surface area contributed by atoms with Crippen molar-refractivity contribution in [3.05, 3.63) is 34.9 Å². The minimum absolute atomic E-state index is 0.229. The smallest absolute Gasteiger partial charge is 0.0684 e. The molecule has 2 nitrogen and oxygen atoms in total. The molecule has 0 spiro atoms. The summed E-state index contributed by atoms with van der Waals surface area (Å²) in [6, 6.07) is 8.60. The third-order valence-corrected chi connectivity index (χ3v) is 5.17. The molecule has 1 aliphatic carbocycles. The molecule has 3 heteroatoms. The van der Waals surface area contributed by atoms with Crippen LogP contribution in [0.25, 0.3) is 0 Å². The molecule has 1 N–H and O–H groups in total. The lowest BCUT2D eigenvalue weighted by atomic mass is 9.55. The summed E-state index contributed by atoms with van der Waals surface area (Å²) in [4.78, 5) is 0. The summed E-state index contributed by atoms with van der Waals surface area (Å²) in [7, 11) is 0. The molecule has 3 rings (SSSR count). The number of rotatable bonds is 3. The van der Waals surface area contributed by atoms with E-state index in [2.05, 4.69) is 25.2 Å². The summed E-state index contributed by atoms with van der Waals surface area (Å²) in [5.74, 6) is 0.672. The number of nitrogens with one attached hydrogen (secondary N) is 1. The van der Waals surface area contributed by atoms with E-state index in [1.807, 2.05) is 18.2 Å². The van der Waals surface area contributed by atoms with E-state index in [-0.39, 0.29) is 5.41 Å². The first kappa shape index (κ1) is 13.4. The van der Waals surface area contributed by atoms with Crippen LogP contribution in [0, 0.1) is 11.3 Å². The van der Waals surface area contributed by atoms with Crippen molar-refractivity contribution in [3.63, 3.8) is 0 Å². The molecule has 2 aliphatic rings. The Morgan fingerprint density at radius 1 is 1.37 bits per heavy atom. The van der Waals surface area contributed by atoms with Gasteiger partial charge in [0.05, 0.1) is 6.10 Å². The van der Waals surface area contributed by atoms with Crippen LogP contribution >= 0.6 is 11.6 Å². The van der Waals surface area contributed by atoms with E-state index in [9.17, 15) is 0 Å². The highest BCUT2D eigenvalue weighted by Crippen LogP contribution is 2.51. The van der Waals surface area contributed by atoms with Crippen LogP contribution in [-0.2, 0) is 11.3 Å². The van der Waals surface area contributed by atoms with Gasteiger partial charge in [-0.1, -0.05) is 43.6 Å². The number of fused-ring (bicyclic) bond motifs is 1. The summed E-state index contributed by atoms with van der Waals surface area (Å²) in [6.07, 6.45) is 2.92. The standard InChI is InChI=1S/C16H22ClNO/c1-16(2)14(12-7-5-9-19-15(12)16)18-10-11-6-3-4-8-13(11)17/h3-4,6,8,12,14-15,18H,5,7,9-10H2,1-2H3. The summed E-state index contributed by atoms with van der Waals surface area (Å²) >= 11 is 6.21. The van der Waals surface area contributed by atoms with E-state index in [1.165, 1.54) is 18.4 Å². The Kier molecular flexibility index (Phi) is 3.59. The lowest BCUT2D eigenvalue weighted by molar-refractivity contribution is -0.192. The zero-order chi connectivity index (χ0) is 13.5. The summed E-state index contributed by atoms with van der Waals surface area (Å²) < 4.78 is 5.93. The van der Waals surface area contributed by atoms with Crippen molar-refractivity contribution < 1.29 is 4.74 Å². The fraction of sp³-hybridized carbons (Fsp3) is 0.625. The minimum atomic E-state index is 0.229. The molecule has 0 amide bonds. The highest BCUT2D eigenvalue weighted by Gasteiger charge is 2.57. The first-order valence-corrected chi connectivity index (χ1v) is 7.57. The van der Waals surface area contributed by atoms with E-state index in [0.717, 1.165) is 18.2 Å². The van der Waals surface area contributed by atoms with Gasteiger partial charge < -0.3 is 10.1 Å². The first-order chi connectivity index (χ1) is 9.10. The molecule has 104 valence electrons. The van der Waals surface area contributed by atoms with Gasteiger partial charge in [-0.15, -0.1) is 0 Å². The van der Waals surface area contributed by atoms with Crippen molar-refractivity contribution in [3.8, 4) is 0 Å². The minimum Gasteiger partial charge on any atom is -0.377 e. The molecule has 3 atom stereocenters. The molecule has 0 bridgehead atoms. The molecular formula is C16H22ClNO.